The molecule has 96 valence electrons. The van der Waals surface area contributed by atoms with Crippen molar-refractivity contribution in [3.63, 3.8) is 0 Å². The summed E-state index contributed by atoms with van der Waals surface area (Å²) in [4.78, 5) is 9.84. The van der Waals surface area contributed by atoms with Crippen LogP contribution in [0, 0.1) is 0 Å². The fourth-order valence-corrected chi connectivity index (χ4v) is 1.65. The van der Waals surface area contributed by atoms with Gasteiger partial charge in [-0.05, 0) is 13.2 Å². The van der Waals surface area contributed by atoms with E-state index in [9.17, 15) is 8.78 Å². The summed E-state index contributed by atoms with van der Waals surface area (Å²) in [5, 5.41) is 3.62. The van der Waals surface area contributed by atoms with Crippen molar-refractivity contribution in [2.45, 2.75) is 18.5 Å². The number of nitrogens with one attached hydrogen (secondary N) is 1. The Balaban J connectivity index is 2.93. The molecule has 0 unspecified atom stereocenters. The molecule has 1 aromatic rings. The van der Waals surface area contributed by atoms with Crippen molar-refractivity contribution in [1.82, 2.24) is 9.97 Å². The lowest BCUT2D eigenvalue weighted by atomic mass is 10.4. The van der Waals surface area contributed by atoms with Gasteiger partial charge in [0.1, 0.15) is 11.6 Å². The molecule has 7 heteroatoms. The molecule has 1 heterocycles. The summed E-state index contributed by atoms with van der Waals surface area (Å²) < 4.78 is 24.6. The van der Waals surface area contributed by atoms with Gasteiger partial charge in [-0.3, -0.25) is 0 Å². The van der Waals surface area contributed by atoms with E-state index in [4.69, 9.17) is 0 Å². The Morgan fingerprint density at radius 2 is 2.18 bits per heavy atom. The molecule has 0 aliphatic rings. The monoisotopic (exact) mass is 262 g/mol. The van der Waals surface area contributed by atoms with E-state index in [1.54, 1.807) is 13.1 Å². The predicted octanol–water partition coefficient (Wildman–Crippen LogP) is 2.33. The summed E-state index contributed by atoms with van der Waals surface area (Å²) in [6, 6.07) is 1.67. The number of hydrogen-bond acceptors (Lipinski definition) is 5. The fourth-order valence-electron chi connectivity index (χ4n) is 1.27. The Morgan fingerprint density at radius 1 is 1.47 bits per heavy atom. The smallest absolute Gasteiger partial charge is 0.255 e. The van der Waals surface area contributed by atoms with E-state index < -0.39 is 6.43 Å². The van der Waals surface area contributed by atoms with Crippen molar-refractivity contribution in [2.24, 2.45) is 0 Å². The first-order chi connectivity index (χ1) is 8.06. The molecular formula is C10H16F2N4S. The van der Waals surface area contributed by atoms with Crippen LogP contribution >= 0.6 is 11.8 Å². The van der Waals surface area contributed by atoms with Gasteiger partial charge in [-0.15, -0.1) is 0 Å². The second kappa shape index (κ2) is 6.58. The zero-order valence-electron chi connectivity index (χ0n) is 10.1. The number of hydrogen-bond donors (Lipinski definition) is 1. The highest BCUT2D eigenvalue weighted by molar-refractivity contribution is 7.98. The minimum absolute atomic E-state index is 0.337. The molecule has 0 amide bonds. The fraction of sp³-hybridized carbons (Fsp3) is 0.600. The van der Waals surface area contributed by atoms with Gasteiger partial charge in [-0.25, -0.2) is 18.7 Å². The molecule has 0 radical (unpaired) electrons. The summed E-state index contributed by atoms with van der Waals surface area (Å²) in [7, 11) is 1.59. The molecule has 4 nitrogen and oxygen atoms in total. The van der Waals surface area contributed by atoms with Crippen LogP contribution in [0.3, 0.4) is 0 Å². The first-order valence-corrected chi connectivity index (χ1v) is 6.45. The van der Waals surface area contributed by atoms with Crippen LogP contribution < -0.4 is 10.2 Å². The van der Waals surface area contributed by atoms with Crippen molar-refractivity contribution in [3.8, 4) is 0 Å². The number of halogens is 2. The summed E-state index contributed by atoms with van der Waals surface area (Å²) in [5.74, 6) is 1.16. The molecule has 1 N–H and O–H groups in total. The van der Waals surface area contributed by atoms with E-state index in [1.807, 2.05) is 13.2 Å². The van der Waals surface area contributed by atoms with Gasteiger partial charge in [-0.1, -0.05) is 11.8 Å². The molecule has 17 heavy (non-hydrogen) atoms. The van der Waals surface area contributed by atoms with E-state index >= 15 is 0 Å². The van der Waals surface area contributed by atoms with Crippen LogP contribution in [-0.4, -0.2) is 42.8 Å². The van der Waals surface area contributed by atoms with Crippen molar-refractivity contribution >= 4 is 23.4 Å². The average molecular weight is 262 g/mol. The van der Waals surface area contributed by atoms with Crippen LogP contribution in [0.4, 0.5) is 20.4 Å². The highest BCUT2D eigenvalue weighted by Crippen LogP contribution is 2.20. The number of alkyl halides is 2. The van der Waals surface area contributed by atoms with E-state index in [2.05, 4.69) is 15.3 Å². The first-order valence-electron chi connectivity index (χ1n) is 5.23. The predicted molar refractivity (Wildman–Crippen MR) is 67.3 cm³/mol. The van der Waals surface area contributed by atoms with Crippen LogP contribution in [0.25, 0.3) is 0 Å². The normalized spacial score (nSPS) is 10.7. The van der Waals surface area contributed by atoms with Crippen molar-refractivity contribution in [3.05, 3.63) is 6.07 Å². The van der Waals surface area contributed by atoms with Gasteiger partial charge >= 0.3 is 0 Å². The van der Waals surface area contributed by atoms with E-state index in [-0.39, 0.29) is 6.54 Å². The largest absolute Gasteiger partial charge is 0.370 e. The van der Waals surface area contributed by atoms with Gasteiger partial charge < -0.3 is 10.2 Å². The van der Waals surface area contributed by atoms with Gasteiger partial charge in [0.15, 0.2) is 5.16 Å². The number of aromatic nitrogens is 2. The van der Waals surface area contributed by atoms with Crippen LogP contribution in [0.5, 0.6) is 0 Å². The topological polar surface area (TPSA) is 41.0 Å². The summed E-state index contributed by atoms with van der Waals surface area (Å²) >= 11 is 1.38. The molecule has 0 aromatic carbocycles. The maximum absolute atomic E-state index is 12.3. The third-order valence-corrected chi connectivity index (χ3v) is 2.58. The second-order valence-corrected chi connectivity index (χ2v) is 4.17. The Bertz CT molecular complexity index is 362. The molecule has 0 spiro atoms. The maximum Gasteiger partial charge on any atom is 0.255 e. The third-order valence-electron chi connectivity index (χ3n) is 2.04. The Kier molecular flexibility index (Phi) is 5.40. The van der Waals surface area contributed by atoms with Crippen LogP contribution in [-0.2, 0) is 0 Å². The Morgan fingerprint density at radius 3 is 2.71 bits per heavy atom. The van der Waals surface area contributed by atoms with Gasteiger partial charge in [0.25, 0.3) is 6.43 Å². The van der Waals surface area contributed by atoms with Crippen molar-refractivity contribution in [2.75, 3.05) is 36.6 Å². The third kappa shape index (κ3) is 4.33. The summed E-state index contributed by atoms with van der Waals surface area (Å²) in [6.45, 7) is 2.34. The van der Waals surface area contributed by atoms with E-state index in [0.717, 1.165) is 6.54 Å². The lowest BCUT2D eigenvalue weighted by Gasteiger charge is -2.18. The lowest BCUT2D eigenvalue weighted by molar-refractivity contribution is 0.156. The molecular weight excluding hydrogens is 246 g/mol. The summed E-state index contributed by atoms with van der Waals surface area (Å²) in [6.07, 6.45) is -0.530. The molecule has 0 saturated heterocycles. The highest BCUT2D eigenvalue weighted by Gasteiger charge is 2.12. The summed E-state index contributed by atoms with van der Waals surface area (Å²) in [5.41, 5.74) is 0. The van der Waals surface area contributed by atoms with Crippen molar-refractivity contribution in [1.29, 1.82) is 0 Å². The van der Waals surface area contributed by atoms with Gasteiger partial charge in [0.05, 0.1) is 6.54 Å². The van der Waals surface area contributed by atoms with Crippen molar-refractivity contribution < 1.29 is 8.78 Å². The molecule has 0 atom stereocenters. The minimum Gasteiger partial charge on any atom is -0.370 e. The average Bonchev–Trinajstić information content (AvgIpc) is 2.28. The zero-order chi connectivity index (χ0) is 12.8. The standard InChI is InChI=1S/C10H16F2N4S/c1-4-13-8-5-9(15-10(14-8)17-3)16(2)6-7(11)12/h5,7H,4,6H2,1-3H3,(H,13,14,15). The number of thioether (sulfide) groups is 1. The van der Waals surface area contributed by atoms with E-state index in [1.165, 1.54) is 16.7 Å². The zero-order valence-corrected chi connectivity index (χ0v) is 10.9. The minimum atomic E-state index is -2.38. The molecule has 0 bridgehead atoms. The highest BCUT2D eigenvalue weighted by atomic mass is 32.2. The van der Waals surface area contributed by atoms with Gasteiger partial charge in [0, 0.05) is 19.7 Å². The van der Waals surface area contributed by atoms with Crippen LogP contribution in [0.1, 0.15) is 6.92 Å². The molecule has 0 aliphatic heterocycles. The number of rotatable bonds is 6. The lowest BCUT2D eigenvalue weighted by Crippen LogP contribution is -2.25. The quantitative estimate of drug-likeness (QED) is 0.629. The van der Waals surface area contributed by atoms with Gasteiger partial charge in [0.2, 0.25) is 0 Å². The number of anilines is 2. The van der Waals surface area contributed by atoms with E-state index in [0.29, 0.717) is 16.8 Å². The van der Waals surface area contributed by atoms with Crippen LogP contribution in [0.2, 0.25) is 0 Å². The molecule has 1 aromatic heterocycles. The molecule has 0 aliphatic carbocycles. The Labute approximate surface area is 104 Å². The number of nitrogens with zero attached hydrogens (tertiary/aromatic N) is 3. The molecule has 1 rings (SSSR count). The van der Waals surface area contributed by atoms with Crippen LogP contribution in [0.15, 0.2) is 11.2 Å². The van der Waals surface area contributed by atoms with Gasteiger partial charge in [-0.2, -0.15) is 0 Å². The maximum atomic E-state index is 12.3. The molecule has 0 saturated carbocycles. The SMILES string of the molecule is CCNc1cc(N(C)CC(F)F)nc(SC)n1. The Hall–Kier alpha value is -1.11. The molecule has 0 fully saturated rings. The second-order valence-electron chi connectivity index (χ2n) is 3.40. The first kappa shape index (κ1) is 14.0.